The third kappa shape index (κ3) is 2.85. The molecule has 1 aliphatic rings. The predicted molar refractivity (Wildman–Crippen MR) is 84.2 cm³/mol. The van der Waals surface area contributed by atoms with Crippen LogP contribution in [-0.4, -0.2) is 32.5 Å². The van der Waals surface area contributed by atoms with Crippen LogP contribution in [0, 0.1) is 6.92 Å². The van der Waals surface area contributed by atoms with Crippen LogP contribution < -0.4 is 5.48 Å². The van der Waals surface area contributed by atoms with E-state index in [0.717, 1.165) is 11.1 Å². The van der Waals surface area contributed by atoms with Gasteiger partial charge in [-0.2, -0.15) is 0 Å². The fourth-order valence-electron chi connectivity index (χ4n) is 2.99. The van der Waals surface area contributed by atoms with Gasteiger partial charge in [0.1, 0.15) is 5.69 Å². The Morgan fingerprint density at radius 1 is 1.39 bits per heavy atom. The van der Waals surface area contributed by atoms with Crippen molar-refractivity contribution in [2.24, 2.45) is 0 Å². The van der Waals surface area contributed by atoms with Gasteiger partial charge in [-0.1, -0.05) is 29.8 Å². The summed E-state index contributed by atoms with van der Waals surface area (Å²) in [6.45, 7) is 5.16. The topological polar surface area (TPSA) is 74.6 Å². The molecular weight excluding hydrogens is 294 g/mol. The second kappa shape index (κ2) is 5.89. The van der Waals surface area contributed by atoms with Crippen molar-refractivity contribution in [1.29, 1.82) is 0 Å². The number of benzene rings is 1. The molecule has 3 rings (SSSR count). The lowest BCUT2D eigenvalue weighted by Gasteiger charge is -2.34. The van der Waals surface area contributed by atoms with Crippen LogP contribution in [0.1, 0.15) is 38.9 Å². The lowest BCUT2D eigenvalue weighted by Crippen LogP contribution is -2.45. The smallest absolute Gasteiger partial charge is 0.276 e. The van der Waals surface area contributed by atoms with E-state index in [-0.39, 0.29) is 17.5 Å². The molecule has 1 unspecified atom stereocenters. The van der Waals surface area contributed by atoms with Crippen molar-refractivity contribution in [3.63, 3.8) is 0 Å². The minimum Gasteiger partial charge on any atom is -0.341 e. The first-order valence-corrected chi connectivity index (χ1v) is 7.50. The zero-order valence-electron chi connectivity index (χ0n) is 13.1. The highest BCUT2D eigenvalue weighted by atomic mass is 16.5. The van der Waals surface area contributed by atoms with Crippen molar-refractivity contribution < 1.29 is 14.8 Å². The highest BCUT2D eigenvalue weighted by molar-refractivity contribution is 5.99. The van der Waals surface area contributed by atoms with Gasteiger partial charge in [-0.3, -0.25) is 14.8 Å². The number of nitrogens with one attached hydrogen (secondary N) is 1. The van der Waals surface area contributed by atoms with Crippen LogP contribution in [-0.2, 0) is 13.1 Å². The number of aryl methyl sites for hydroxylation is 1. The van der Waals surface area contributed by atoms with Gasteiger partial charge in [0.15, 0.2) is 0 Å². The zero-order valence-corrected chi connectivity index (χ0v) is 13.1. The average molecular weight is 313 g/mol. The summed E-state index contributed by atoms with van der Waals surface area (Å²) >= 11 is 0. The van der Waals surface area contributed by atoms with E-state index in [1.165, 1.54) is 6.07 Å². The van der Waals surface area contributed by atoms with Crippen molar-refractivity contribution in [2.75, 3.05) is 0 Å². The summed E-state index contributed by atoms with van der Waals surface area (Å²) in [5.41, 5.74) is 4.58. The second-order valence-corrected chi connectivity index (χ2v) is 5.98. The van der Waals surface area contributed by atoms with E-state index >= 15 is 0 Å². The molecule has 2 heterocycles. The van der Waals surface area contributed by atoms with E-state index in [0.29, 0.717) is 18.8 Å². The van der Waals surface area contributed by atoms with Crippen LogP contribution in [0.2, 0.25) is 0 Å². The van der Waals surface area contributed by atoms with Crippen molar-refractivity contribution in [3.05, 3.63) is 58.9 Å². The number of hydrogen-bond acceptors (Lipinski definition) is 3. The average Bonchev–Trinajstić information content (AvgIpc) is 2.95. The molecule has 0 spiro atoms. The number of aromatic nitrogens is 1. The molecule has 1 atom stereocenters. The number of rotatable bonds is 3. The lowest BCUT2D eigenvalue weighted by atomic mass is 10.1. The Morgan fingerprint density at radius 2 is 2.17 bits per heavy atom. The molecule has 1 aliphatic heterocycles. The molecule has 1 aromatic heterocycles. The molecule has 0 aliphatic carbocycles. The largest absolute Gasteiger partial charge is 0.341 e. The van der Waals surface area contributed by atoms with Crippen LogP contribution in [0.3, 0.4) is 0 Å². The summed E-state index contributed by atoms with van der Waals surface area (Å²) in [6.07, 6.45) is 1.60. The number of fused-ring (bicyclic) bond motifs is 1. The Balaban J connectivity index is 1.88. The van der Waals surface area contributed by atoms with E-state index < -0.39 is 5.91 Å². The van der Waals surface area contributed by atoms with Crippen LogP contribution in [0.4, 0.5) is 0 Å². The van der Waals surface area contributed by atoms with Gasteiger partial charge >= 0.3 is 0 Å². The van der Waals surface area contributed by atoms with E-state index in [4.69, 9.17) is 5.21 Å². The Kier molecular flexibility index (Phi) is 3.92. The summed E-state index contributed by atoms with van der Waals surface area (Å²) in [4.78, 5) is 26.1. The van der Waals surface area contributed by atoms with Crippen molar-refractivity contribution in [3.8, 4) is 0 Å². The number of amides is 2. The second-order valence-electron chi connectivity index (χ2n) is 5.98. The van der Waals surface area contributed by atoms with Crippen LogP contribution in [0.5, 0.6) is 0 Å². The molecular formula is C17H19N3O3. The van der Waals surface area contributed by atoms with Gasteiger partial charge in [0.2, 0.25) is 0 Å². The maximum atomic E-state index is 12.8. The molecule has 2 amide bonds. The maximum Gasteiger partial charge on any atom is 0.276 e. The maximum absolute atomic E-state index is 12.8. The molecule has 23 heavy (non-hydrogen) atoms. The third-order valence-electron chi connectivity index (χ3n) is 4.17. The Labute approximate surface area is 134 Å². The highest BCUT2D eigenvalue weighted by Crippen LogP contribution is 2.22. The molecule has 0 saturated heterocycles. The number of carbonyl (C=O) groups is 2. The van der Waals surface area contributed by atoms with Crippen molar-refractivity contribution >= 4 is 11.8 Å². The van der Waals surface area contributed by atoms with E-state index in [1.54, 1.807) is 16.2 Å². The first kappa shape index (κ1) is 15.3. The van der Waals surface area contributed by atoms with Gasteiger partial charge in [-0.15, -0.1) is 0 Å². The Bertz CT molecular complexity index is 766. The molecule has 6 nitrogen and oxygen atoms in total. The van der Waals surface area contributed by atoms with E-state index in [2.05, 4.69) is 6.07 Å². The van der Waals surface area contributed by atoms with Crippen LogP contribution in [0.25, 0.3) is 0 Å². The fraction of sp³-hybridized carbons (Fsp3) is 0.294. The predicted octanol–water partition coefficient (Wildman–Crippen LogP) is 1.96. The molecule has 6 heteroatoms. The molecule has 0 saturated carbocycles. The lowest BCUT2D eigenvalue weighted by molar-refractivity contribution is 0.0595. The number of carbonyl (C=O) groups excluding carboxylic acids is 2. The molecule has 2 N–H and O–H groups in total. The van der Waals surface area contributed by atoms with Gasteiger partial charge in [0, 0.05) is 25.3 Å². The normalized spacial score (nSPS) is 17.1. The summed E-state index contributed by atoms with van der Waals surface area (Å²) in [5, 5.41) is 8.74. The standard InChI is InChI=1S/C17H19N3O3/c1-11-4-3-5-13(6-11)9-20-12(2)8-19-10-14(16(21)18-23)7-15(19)17(20)22/h3-7,10,12,23H,8-9H2,1-2H3,(H,18,21). The summed E-state index contributed by atoms with van der Waals surface area (Å²) in [6, 6.07) is 9.62. The van der Waals surface area contributed by atoms with Gasteiger partial charge in [-0.25, -0.2) is 5.48 Å². The molecule has 0 radical (unpaired) electrons. The van der Waals surface area contributed by atoms with Gasteiger partial charge in [0.05, 0.1) is 5.56 Å². The van der Waals surface area contributed by atoms with E-state index in [9.17, 15) is 9.59 Å². The minimum absolute atomic E-state index is 0.0212. The molecule has 1 aromatic carbocycles. The van der Waals surface area contributed by atoms with Gasteiger partial charge < -0.3 is 9.47 Å². The number of hydrogen-bond donors (Lipinski definition) is 2. The minimum atomic E-state index is -0.613. The Morgan fingerprint density at radius 3 is 2.87 bits per heavy atom. The third-order valence-corrected chi connectivity index (χ3v) is 4.17. The van der Waals surface area contributed by atoms with E-state index in [1.807, 2.05) is 36.9 Å². The van der Waals surface area contributed by atoms with Crippen LogP contribution >= 0.6 is 0 Å². The zero-order chi connectivity index (χ0) is 16.6. The fourth-order valence-corrected chi connectivity index (χ4v) is 2.99. The molecule has 0 fully saturated rings. The molecule has 2 aromatic rings. The van der Waals surface area contributed by atoms with Crippen molar-refractivity contribution in [2.45, 2.75) is 33.0 Å². The number of hydroxylamine groups is 1. The summed E-state index contributed by atoms with van der Waals surface area (Å²) in [7, 11) is 0. The van der Waals surface area contributed by atoms with Gasteiger partial charge in [0.25, 0.3) is 11.8 Å². The molecule has 120 valence electrons. The summed E-state index contributed by atoms with van der Waals surface area (Å²) in [5.74, 6) is -0.722. The van der Waals surface area contributed by atoms with Crippen LogP contribution in [0.15, 0.2) is 36.5 Å². The first-order valence-electron chi connectivity index (χ1n) is 7.50. The first-order chi connectivity index (χ1) is 11.0. The molecule has 0 bridgehead atoms. The number of nitrogens with zero attached hydrogens (tertiary/aromatic N) is 2. The highest BCUT2D eigenvalue weighted by Gasteiger charge is 2.31. The quantitative estimate of drug-likeness (QED) is 0.672. The monoisotopic (exact) mass is 313 g/mol. The summed E-state index contributed by atoms with van der Waals surface area (Å²) < 4.78 is 1.77. The van der Waals surface area contributed by atoms with Crippen molar-refractivity contribution in [1.82, 2.24) is 14.9 Å². The van der Waals surface area contributed by atoms with Gasteiger partial charge in [-0.05, 0) is 25.5 Å². The SMILES string of the molecule is Cc1cccc(CN2C(=O)c3cc(C(=O)NO)cn3CC2C)c1. The Hall–Kier alpha value is -2.60.